The van der Waals surface area contributed by atoms with Gasteiger partial charge in [-0.3, -0.25) is 4.79 Å². The molecule has 3 nitrogen and oxygen atoms in total. The molecule has 0 aliphatic carbocycles. The molecule has 100 valence electrons. The Morgan fingerprint density at radius 1 is 1.29 bits per heavy atom. The van der Waals surface area contributed by atoms with Crippen molar-refractivity contribution in [3.8, 4) is 0 Å². The zero-order valence-electron chi connectivity index (χ0n) is 11.4. The topological polar surface area (TPSA) is 32.3 Å². The number of piperidine rings is 1. The molecule has 0 spiro atoms. The highest BCUT2D eigenvalue weighted by Gasteiger charge is 2.18. The van der Waals surface area contributed by atoms with E-state index >= 15 is 0 Å². The van der Waals surface area contributed by atoms with Crippen LogP contribution in [0, 0.1) is 5.92 Å². The number of rotatable bonds is 5. The number of carbonyl (C=O) groups is 1. The molecule has 1 aliphatic rings. The first kappa shape index (κ1) is 14.8. The lowest BCUT2D eigenvalue weighted by molar-refractivity contribution is 0.208. The van der Waals surface area contributed by atoms with Gasteiger partial charge in [0, 0.05) is 12.6 Å². The van der Waals surface area contributed by atoms with Gasteiger partial charge in [-0.1, -0.05) is 32.0 Å². The van der Waals surface area contributed by atoms with Gasteiger partial charge in [0.15, 0.2) is 0 Å². The second-order valence-corrected chi connectivity index (χ2v) is 5.96. The molecule has 0 aromatic carbocycles. The van der Waals surface area contributed by atoms with E-state index in [0.29, 0.717) is 12.0 Å². The number of carbonyl (C=O) groups excluding carboxylic acids is 1. The molecule has 4 heteroatoms. The summed E-state index contributed by atoms with van der Waals surface area (Å²) in [4.78, 5) is 13.9. The summed E-state index contributed by atoms with van der Waals surface area (Å²) in [6.45, 7) is 7.96. The van der Waals surface area contributed by atoms with Gasteiger partial charge in [-0.15, -0.1) is 0 Å². The van der Waals surface area contributed by atoms with Gasteiger partial charge >= 0.3 is 0 Å². The van der Waals surface area contributed by atoms with E-state index in [1.807, 2.05) is 6.26 Å². The van der Waals surface area contributed by atoms with E-state index in [1.54, 1.807) is 0 Å². The first-order valence-corrected chi connectivity index (χ1v) is 7.92. The van der Waals surface area contributed by atoms with Crippen molar-refractivity contribution in [3.05, 3.63) is 0 Å². The van der Waals surface area contributed by atoms with Gasteiger partial charge in [-0.05, 0) is 44.5 Å². The molecule has 0 saturated carbocycles. The molecule has 1 N–H and O–H groups in total. The Bertz CT molecular complexity index is 227. The number of amides is 1. The molecule has 1 atom stereocenters. The lowest BCUT2D eigenvalue weighted by Crippen LogP contribution is -2.40. The fraction of sp³-hybridized carbons (Fsp3) is 0.923. The Morgan fingerprint density at radius 3 is 2.47 bits per heavy atom. The highest BCUT2D eigenvalue weighted by atomic mass is 32.2. The highest BCUT2D eigenvalue weighted by molar-refractivity contribution is 8.12. The van der Waals surface area contributed by atoms with Crippen LogP contribution in [0.5, 0.6) is 0 Å². The van der Waals surface area contributed by atoms with Gasteiger partial charge in [0.1, 0.15) is 0 Å². The largest absolute Gasteiger partial charge is 0.344 e. The van der Waals surface area contributed by atoms with Crippen LogP contribution in [-0.4, -0.2) is 42.1 Å². The summed E-state index contributed by atoms with van der Waals surface area (Å²) < 4.78 is 0. The summed E-state index contributed by atoms with van der Waals surface area (Å²) in [7, 11) is 0. The average molecular weight is 258 g/mol. The third-order valence-electron chi connectivity index (χ3n) is 3.50. The van der Waals surface area contributed by atoms with Crippen LogP contribution in [0.15, 0.2) is 0 Å². The summed E-state index contributed by atoms with van der Waals surface area (Å²) in [5, 5.41) is 3.20. The maximum atomic E-state index is 11.4. The van der Waals surface area contributed by atoms with E-state index in [2.05, 4.69) is 24.1 Å². The standard InChI is InChI=1S/C13H26N2OS/c1-11(2)12(14-13(16)17-3)7-10-15-8-5-4-6-9-15/h11-12H,4-10H2,1-3H3,(H,14,16). The van der Waals surface area contributed by atoms with Gasteiger partial charge in [-0.2, -0.15) is 0 Å². The third kappa shape index (κ3) is 5.77. The Balaban J connectivity index is 2.30. The molecular formula is C13H26N2OS. The summed E-state index contributed by atoms with van der Waals surface area (Å²) in [5.41, 5.74) is 0. The highest BCUT2D eigenvalue weighted by Crippen LogP contribution is 2.13. The monoisotopic (exact) mass is 258 g/mol. The van der Waals surface area contributed by atoms with Crippen LogP contribution in [0.1, 0.15) is 39.5 Å². The minimum atomic E-state index is 0.0994. The second kappa shape index (κ2) is 7.98. The van der Waals surface area contributed by atoms with E-state index in [-0.39, 0.29) is 5.24 Å². The van der Waals surface area contributed by atoms with E-state index in [1.165, 1.54) is 44.1 Å². The van der Waals surface area contributed by atoms with Gasteiger partial charge in [0.05, 0.1) is 0 Å². The van der Waals surface area contributed by atoms with Crippen LogP contribution in [0.2, 0.25) is 0 Å². The van der Waals surface area contributed by atoms with Crippen LogP contribution >= 0.6 is 11.8 Å². The molecule has 0 radical (unpaired) electrons. The molecular weight excluding hydrogens is 232 g/mol. The smallest absolute Gasteiger partial charge is 0.279 e. The van der Waals surface area contributed by atoms with Gasteiger partial charge < -0.3 is 10.2 Å². The van der Waals surface area contributed by atoms with Crippen molar-refractivity contribution in [1.29, 1.82) is 0 Å². The van der Waals surface area contributed by atoms with Gasteiger partial charge in [-0.25, -0.2) is 0 Å². The summed E-state index contributed by atoms with van der Waals surface area (Å²) >= 11 is 1.27. The van der Waals surface area contributed by atoms with Crippen LogP contribution in [-0.2, 0) is 0 Å². The van der Waals surface area contributed by atoms with Crippen molar-refractivity contribution in [3.63, 3.8) is 0 Å². The Morgan fingerprint density at radius 2 is 1.94 bits per heavy atom. The van der Waals surface area contributed by atoms with Crippen molar-refractivity contribution in [2.75, 3.05) is 25.9 Å². The Kier molecular flexibility index (Phi) is 6.97. The molecule has 1 fully saturated rings. The number of nitrogens with zero attached hydrogens (tertiary/aromatic N) is 1. The third-order valence-corrected chi connectivity index (χ3v) is 3.99. The molecule has 0 bridgehead atoms. The first-order valence-electron chi connectivity index (χ1n) is 6.70. The summed E-state index contributed by atoms with van der Waals surface area (Å²) in [5.74, 6) is 0.510. The average Bonchev–Trinajstić information content (AvgIpc) is 2.35. The van der Waals surface area contributed by atoms with E-state index in [0.717, 1.165) is 13.0 Å². The lowest BCUT2D eigenvalue weighted by atomic mass is 10.0. The van der Waals surface area contributed by atoms with Crippen LogP contribution in [0.4, 0.5) is 4.79 Å². The molecule has 1 saturated heterocycles. The molecule has 17 heavy (non-hydrogen) atoms. The lowest BCUT2D eigenvalue weighted by Gasteiger charge is -2.29. The van der Waals surface area contributed by atoms with Crippen molar-refractivity contribution in [2.24, 2.45) is 5.92 Å². The number of hydrogen-bond acceptors (Lipinski definition) is 3. The van der Waals surface area contributed by atoms with E-state index in [9.17, 15) is 4.79 Å². The first-order chi connectivity index (χ1) is 8.13. The maximum Gasteiger partial charge on any atom is 0.279 e. The molecule has 0 aromatic rings. The Hall–Kier alpha value is -0.220. The van der Waals surface area contributed by atoms with Crippen molar-refractivity contribution in [2.45, 2.75) is 45.6 Å². The summed E-state index contributed by atoms with van der Waals surface area (Å²) in [6.07, 6.45) is 6.96. The number of thioether (sulfide) groups is 1. The fourth-order valence-electron chi connectivity index (χ4n) is 2.29. The molecule has 1 heterocycles. The zero-order valence-corrected chi connectivity index (χ0v) is 12.2. The molecule has 1 unspecified atom stereocenters. The van der Waals surface area contributed by atoms with E-state index < -0.39 is 0 Å². The van der Waals surface area contributed by atoms with Gasteiger partial charge in [0.25, 0.3) is 5.24 Å². The van der Waals surface area contributed by atoms with Crippen LogP contribution in [0.25, 0.3) is 0 Å². The van der Waals surface area contributed by atoms with Crippen LogP contribution in [0.3, 0.4) is 0 Å². The molecule has 0 aromatic heterocycles. The van der Waals surface area contributed by atoms with Crippen molar-refractivity contribution >= 4 is 17.0 Å². The second-order valence-electron chi connectivity index (χ2n) is 5.18. The summed E-state index contributed by atoms with van der Waals surface area (Å²) in [6, 6.07) is 0.317. The number of likely N-dealkylation sites (tertiary alicyclic amines) is 1. The molecule has 1 rings (SSSR count). The molecule has 1 amide bonds. The van der Waals surface area contributed by atoms with Crippen molar-refractivity contribution in [1.82, 2.24) is 10.2 Å². The number of nitrogens with one attached hydrogen (secondary N) is 1. The fourth-order valence-corrected chi connectivity index (χ4v) is 2.56. The maximum absolute atomic E-state index is 11.4. The minimum absolute atomic E-state index is 0.0994. The van der Waals surface area contributed by atoms with E-state index in [4.69, 9.17) is 0 Å². The SMILES string of the molecule is CSC(=O)NC(CCN1CCCCC1)C(C)C. The molecule has 1 aliphatic heterocycles. The van der Waals surface area contributed by atoms with Crippen molar-refractivity contribution < 1.29 is 4.79 Å². The minimum Gasteiger partial charge on any atom is -0.344 e. The normalized spacial score (nSPS) is 19.3. The number of hydrogen-bond donors (Lipinski definition) is 1. The zero-order chi connectivity index (χ0) is 12.7. The van der Waals surface area contributed by atoms with Gasteiger partial charge in [0.2, 0.25) is 0 Å². The quantitative estimate of drug-likeness (QED) is 0.823. The Labute approximate surface area is 110 Å². The van der Waals surface area contributed by atoms with Crippen LogP contribution < -0.4 is 5.32 Å². The predicted molar refractivity (Wildman–Crippen MR) is 75.6 cm³/mol. The predicted octanol–water partition coefficient (Wildman–Crippen LogP) is 2.96.